The molecular weight excluding hydrogens is 254 g/mol. The zero-order valence-electron chi connectivity index (χ0n) is 10.9. The van der Waals surface area contributed by atoms with Crippen LogP contribution < -0.4 is 5.32 Å². The fourth-order valence-corrected chi connectivity index (χ4v) is 2.39. The number of hydrogen-bond acceptors (Lipinski definition) is 4. The molecule has 0 aliphatic heterocycles. The fourth-order valence-electron chi connectivity index (χ4n) is 2.39. The molecule has 1 N–H and O–H groups in total. The highest BCUT2D eigenvalue weighted by atomic mass is 16.6. The Morgan fingerprint density at radius 2 is 2.05 bits per heavy atom. The van der Waals surface area contributed by atoms with Gasteiger partial charge in [0, 0.05) is 18.5 Å². The molecule has 5 heteroatoms. The normalized spacial score (nSPS) is 15.6. The number of anilines is 1. The van der Waals surface area contributed by atoms with Crippen LogP contribution in [-0.2, 0) is 0 Å². The van der Waals surface area contributed by atoms with Gasteiger partial charge in [-0.3, -0.25) is 15.1 Å². The molecule has 3 rings (SSSR count). The molecule has 1 unspecified atom stereocenters. The van der Waals surface area contributed by atoms with E-state index in [9.17, 15) is 10.1 Å². The molecule has 1 saturated carbocycles. The van der Waals surface area contributed by atoms with E-state index in [4.69, 9.17) is 0 Å². The molecular formula is C15H15N3O2. The number of para-hydroxylation sites is 2. The van der Waals surface area contributed by atoms with Crippen LogP contribution in [0.15, 0.2) is 48.8 Å². The largest absolute Gasteiger partial charge is 0.372 e. The Balaban J connectivity index is 1.90. The van der Waals surface area contributed by atoms with Crippen molar-refractivity contribution in [3.05, 3.63) is 64.5 Å². The van der Waals surface area contributed by atoms with Crippen LogP contribution in [0.4, 0.5) is 11.4 Å². The minimum atomic E-state index is -0.352. The van der Waals surface area contributed by atoms with Crippen LogP contribution in [0.5, 0.6) is 0 Å². The van der Waals surface area contributed by atoms with Crippen LogP contribution in [0.3, 0.4) is 0 Å². The zero-order valence-corrected chi connectivity index (χ0v) is 10.9. The molecule has 0 radical (unpaired) electrons. The van der Waals surface area contributed by atoms with Gasteiger partial charge in [0.2, 0.25) is 0 Å². The lowest BCUT2D eigenvalue weighted by Gasteiger charge is -2.19. The number of hydrogen-bond donors (Lipinski definition) is 1. The van der Waals surface area contributed by atoms with E-state index in [0.717, 1.165) is 18.4 Å². The molecule has 1 heterocycles. The maximum atomic E-state index is 11.1. The predicted molar refractivity (Wildman–Crippen MR) is 76.4 cm³/mol. The van der Waals surface area contributed by atoms with Gasteiger partial charge in [-0.15, -0.1) is 0 Å². The number of nitrogens with zero attached hydrogens (tertiary/aromatic N) is 2. The lowest BCUT2D eigenvalue weighted by atomic mass is 10.0. The topological polar surface area (TPSA) is 68.1 Å². The monoisotopic (exact) mass is 269 g/mol. The summed E-state index contributed by atoms with van der Waals surface area (Å²) in [6, 6.07) is 10.8. The predicted octanol–water partition coefficient (Wildman–Crippen LogP) is 3.55. The Morgan fingerprint density at radius 1 is 1.25 bits per heavy atom. The lowest BCUT2D eigenvalue weighted by molar-refractivity contribution is -0.384. The van der Waals surface area contributed by atoms with E-state index < -0.39 is 0 Å². The minimum absolute atomic E-state index is 0.0878. The first kappa shape index (κ1) is 12.6. The zero-order chi connectivity index (χ0) is 13.9. The van der Waals surface area contributed by atoms with Crippen molar-refractivity contribution < 1.29 is 4.92 Å². The number of nitrogens with one attached hydrogen (secondary N) is 1. The van der Waals surface area contributed by atoms with E-state index in [1.807, 2.05) is 24.4 Å². The maximum absolute atomic E-state index is 11.1. The Morgan fingerprint density at radius 3 is 2.70 bits per heavy atom. The number of pyridine rings is 1. The summed E-state index contributed by atoms with van der Waals surface area (Å²) in [6.45, 7) is 0. The summed E-state index contributed by atoms with van der Waals surface area (Å²) in [5, 5.41) is 14.4. The standard InChI is InChI=1S/C15H15N3O2/c19-18(20)14-6-2-1-5-13(14)17-15(11-7-8-11)12-4-3-9-16-10-12/h1-6,9-11,15,17H,7-8H2. The first-order valence-corrected chi connectivity index (χ1v) is 6.65. The molecule has 20 heavy (non-hydrogen) atoms. The number of rotatable bonds is 5. The highest BCUT2D eigenvalue weighted by molar-refractivity contribution is 5.62. The van der Waals surface area contributed by atoms with Gasteiger partial charge < -0.3 is 5.32 Å². The molecule has 1 aliphatic carbocycles. The van der Waals surface area contributed by atoms with Crippen molar-refractivity contribution in [1.29, 1.82) is 0 Å². The average molecular weight is 269 g/mol. The molecule has 1 aliphatic rings. The van der Waals surface area contributed by atoms with Crippen LogP contribution in [0, 0.1) is 16.0 Å². The second kappa shape index (κ2) is 5.28. The van der Waals surface area contributed by atoms with E-state index in [1.54, 1.807) is 18.3 Å². The molecule has 0 bridgehead atoms. The molecule has 102 valence electrons. The van der Waals surface area contributed by atoms with E-state index in [1.165, 1.54) is 6.07 Å². The van der Waals surface area contributed by atoms with Crippen molar-refractivity contribution in [2.75, 3.05) is 5.32 Å². The van der Waals surface area contributed by atoms with Gasteiger partial charge in [0.1, 0.15) is 5.69 Å². The summed E-state index contributed by atoms with van der Waals surface area (Å²) in [5.41, 5.74) is 1.76. The summed E-state index contributed by atoms with van der Waals surface area (Å²) in [4.78, 5) is 14.9. The Hall–Kier alpha value is -2.43. The first-order valence-electron chi connectivity index (χ1n) is 6.65. The summed E-state index contributed by atoms with van der Waals surface area (Å²) < 4.78 is 0. The average Bonchev–Trinajstić information content (AvgIpc) is 3.30. The lowest BCUT2D eigenvalue weighted by Crippen LogP contribution is -2.14. The number of aromatic nitrogens is 1. The Labute approximate surface area is 116 Å². The van der Waals surface area contributed by atoms with Crippen LogP contribution in [0.1, 0.15) is 24.4 Å². The Bertz CT molecular complexity index is 612. The fraction of sp³-hybridized carbons (Fsp3) is 0.267. The quantitative estimate of drug-likeness (QED) is 0.665. The van der Waals surface area contributed by atoms with Gasteiger partial charge in [-0.2, -0.15) is 0 Å². The molecule has 1 aromatic heterocycles. The summed E-state index contributed by atoms with van der Waals surface area (Å²) in [6.07, 6.45) is 5.85. The van der Waals surface area contributed by atoms with Crippen LogP contribution in [0.25, 0.3) is 0 Å². The second-order valence-electron chi connectivity index (χ2n) is 5.02. The second-order valence-corrected chi connectivity index (χ2v) is 5.02. The molecule has 0 amide bonds. The third-order valence-electron chi connectivity index (χ3n) is 3.55. The summed E-state index contributed by atoms with van der Waals surface area (Å²) in [5.74, 6) is 0.527. The van der Waals surface area contributed by atoms with Crippen molar-refractivity contribution in [3.63, 3.8) is 0 Å². The van der Waals surface area contributed by atoms with Crippen LogP contribution >= 0.6 is 0 Å². The van der Waals surface area contributed by atoms with E-state index in [0.29, 0.717) is 11.6 Å². The van der Waals surface area contributed by atoms with Crippen molar-refractivity contribution in [2.24, 2.45) is 5.92 Å². The van der Waals surface area contributed by atoms with Gasteiger partial charge in [-0.05, 0) is 36.5 Å². The van der Waals surface area contributed by atoms with Crippen LogP contribution in [-0.4, -0.2) is 9.91 Å². The third-order valence-corrected chi connectivity index (χ3v) is 3.55. The minimum Gasteiger partial charge on any atom is -0.372 e. The van der Waals surface area contributed by atoms with E-state index in [2.05, 4.69) is 10.3 Å². The van der Waals surface area contributed by atoms with E-state index in [-0.39, 0.29) is 16.7 Å². The molecule has 2 aromatic rings. The molecule has 0 saturated heterocycles. The summed E-state index contributed by atoms with van der Waals surface area (Å²) >= 11 is 0. The third kappa shape index (κ3) is 2.61. The summed E-state index contributed by atoms with van der Waals surface area (Å²) in [7, 11) is 0. The van der Waals surface area contributed by atoms with Gasteiger partial charge in [0.15, 0.2) is 0 Å². The Kier molecular flexibility index (Phi) is 3.33. The van der Waals surface area contributed by atoms with Gasteiger partial charge in [-0.1, -0.05) is 18.2 Å². The van der Waals surface area contributed by atoms with Gasteiger partial charge in [0.25, 0.3) is 5.69 Å². The molecule has 5 nitrogen and oxygen atoms in total. The van der Waals surface area contributed by atoms with Crippen molar-refractivity contribution in [2.45, 2.75) is 18.9 Å². The molecule has 1 fully saturated rings. The van der Waals surface area contributed by atoms with Gasteiger partial charge in [-0.25, -0.2) is 0 Å². The van der Waals surface area contributed by atoms with Crippen molar-refractivity contribution in [1.82, 2.24) is 4.98 Å². The molecule has 0 spiro atoms. The maximum Gasteiger partial charge on any atom is 0.292 e. The molecule has 1 atom stereocenters. The van der Waals surface area contributed by atoms with Gasteiger partial charge in [0.05, 0.1) is 11.0 Å². The SMILES string of the molecule is O=[N+]([O-])c1ccccc1NC(c1cccnc1)C1CC1. The number of nitro benzene ring substituents is 1. The smallest absolute Gasteiger partial charge is 0.292 e. The van der Waals surface area contributed by atoms with Gasteiger partial charge >= 0.3 is 0 Å². The van der Waals surface area contributed by atoms with Crippen molar-refractivity contribution >= 4 is 11.4 Å². The van der Waals surface area contributed by atoms with Crippen LogP contribution in [0.2, 0.25) is 0 Å². The first-order chi connectivity index (χ1) is 9.75. The highest BCUT2D eigenvalue weighted by Crippen LogP contribution is 2.43. The number of benzene rings is 1. The highest BCUT2D eigenvalue weighted by Gasteiger charge is 2.33. The van der Waals surface area contributed by atoms with E-state index >= 15 is 0 Å². The van der Waals surface area contributed by atoms with Crippen molar-refractivity contribution in [3.8, 4) is 0 Å². The number of nitro groups is 1. The molecule has 1 aromatic carbocycles.